The van der Waals surface area contributed by atoms with E-state index in [-0.39, 0.29) is 17.8 Å². The Labute approximate surface area is 132 Å². The van der Waals surface area contributed by atoms with E-state index < -0.39 is 14.2 Å². The molecule has 22 heavy (non-hydrogen) atoms. The minimum absolute atomic E-state index is 0.00781. The van der Waals surface area contributed by atoms with Gasteiger partial charge in [0.05, 0.1) is 6.04 Å². The van der Waals surface area contributed by atoms with E-state index in [1.165, 1.54) is 12.1 Å². The van der Waals surface area contributed by atoms with Gasteiger partial charge in [-0.2, -0.15) is 0 Å². The molecule has 1 heterocycles. The zero-order valence-corrected chi connectivity index (χ0v) is 14.5. The van der Waals surface area contributed by atoms with Crippen LogP contribution in [0.2, 0.25) is 25.7 Å². The molecule has 1 saturated heterocycles. The van der Waals surface area contributed by atoms with Crippen LogP contribution in [0.3, 0.4) is 0 Å². The minimum atomic E-state index is -1.31. The Morgan fingerprint density at radius 2 is 2.14 bits per heavy atom. The third kappa shape index (κ3) is 4.30. The van der Waals surface area contributed by atoms with E-state index in [1.54, 1.807) is 11.0 Å². The van der Waals surface area contributed by atoms with E-state index >= 15 is 0 Å². The molecule has 0 aromatic heterocycles. The van der Waals surface area contributed by atoms with Crippen LogP contribution < -0.4 is 5.32 Å². The molecule has 0 saturated carbocycles. The van der Waals surface area contributed by atoms with Crippen LogP contribution in [0.4, 0.5) is 9.18 Å². The van der Waals surface area contributed by atoms with Gasteiger partial charge in [-0.05, 0) is 23.7 Å². The second kappa shape index (κ2) is 6.79. The molecule has 0 aliphatic carbocycles. The molecule has 1 aliphatic heterocycles. The highest BCUT2D eigenvalue weighted by molar-refractivity contribution is 6.76. The topological polar surface area (TPSA) is 52.6 Å². The fourth-order valence-corrected chi connectivity index (χ4v) is 3.84. The standard InChI is InChI=1S/C16H25FN2O2Si/c1-22(2,3)8-7-19(16(20)21)15-11-18-10-14(15)12-5-4-6-13(17)9-12/h4-6,9,14-15,18H,7-8,10-11H2,1-3H3,(H,20,21)/t14-,15+/m0/s1. The lowest BCUT2D eigenvalue weighted by molar-refractivity contribution is 0.127. The van der Waals surface area contributed by atoms with Gasteiger partial charge in [0.15, 0.2) is 0 Å². The SMILES string of the molecule is C[Si](C)(C)CCN(C(=O)O)[C@@H]1CNC[C@H]1c1cccc(F)c1. The molecular weight excluding hydrogens is 299 g/mol. The molecule has 2 N–H and O–H groups in total. The fourth-order valence-electron chi connectivity index (χ4n) is 2.93. The second-order valence-electron chi connectivity index (χ2n) is 7.17. The summed E-state index contributed by atoms with van der Waals surface area (Å²) in [5.74, 6) is -0.263. The van der Waals surface area contributed by atoms with Crippen LogP contribution in [0.15, 0.2) is 24.3 Å². The van der Waals surface area contributed by atoms with Crippen LogP contribution in [-0.4, -0.2) is 49.8 Å². The quantitative estimate of drug-likeness (QED) is 0.818. The number of rotatable bonds is 5. The van der Waals surface area contributed by atoms with Crippen molar-refractivity contribution in [2.75, 3.05) is 19.6 Å². The molecule has 2 rings (SSSR count). The maximum absolute atomic E-state index is 13.5. The average molecular weight is 324 g/mol. The maximum Gasteiger partial charge on any atom is 0.407 e. The largest absolute Gasteiger partial charge is 0.465 e. The zero-order chi connectivity index (χ0) is 16.3. The van der Waals surface area contributed by atoms with Crippen molar-refractivity contribution in [3.63, 3.8) is 0 Å². The van der Waals surface area contributed by atoms with Gasteiger partial charge >= 0.3 is 6.09 Å². The van der Waals surface area contributed by atoms with Crippen LogP contribution in [-0.2, 0) is 0 Å². The Morgan fingerprint density at radius 1 is 1.41 bits per heavy atom. The molecule has 1 amide bonds. The van der Waals surface area contributed by atoms with E-state index in [0.29, 0.717) is 19.6 Å². The number of amides is 1. The first-order valence-electron chi connectivity index (χ1n) is 7.74. The van der Waals surface area contributed by atoms with E-state index in [4.69, 9.17) is 0 Å². The van der Waals surface area contributed by atoms with Crippen molar-refractivity contribution in [2.24, 2.45) is 0 Å². The van der Waals surface area contributed by atoms with Gasteiger partial charge in [-0.3, -0.25) is 0 Å². The molecule has 1 aromatic carbocycles. The van der Waals surface area contributed by atoms with Gasteiger partial charge in [0.2, 0.25) is 0 Å². The second-order valence-corrected chi connectivity index (χ2v) is 12.8. The smallest absolute Gasteiger partial charge is 0.407 e. The minimum Gasteiger partial charge on any atom is -0.465 e. The van der Waals surface area contributed by atoms with Crippen molar-refractivity contribution in [2.45, 2.75) is 37.6 Å². The predicted molar refractivity (Wildman–Crippen MR) is 88.7 cm³/mol. The summed E-state index contributed by atoms with van der Waals surface area (Å²) in [7, 11) is -1.31. The molecular formula is C16H25FN2O2Si. The highest BCUT2D eigenvalue weighted by Gasteiger charge is 2.36. The molecule has 0 bridgehead atoms. The first-order valence-corrected chi connectivity index (χ1v) is 11.4. The summed E-state index contributed by atoms with van der Waals surface area (Å²) < 4.78 is 13.5. The highest BCUT2D eigenvalue weighted by Crippen LogP contribution is 2.28. The van der Waals surface area contributed by atoms with E-state index in [9.17, 15) is 14.3 Å². The Morgan fingerprint density at radius 3 is 2.73 bits per heavy atom. The summed E-state index contributed by atoms with van der Waals surface area (Å²) >= 11 is 0. The Balaban J connectivity index is 2.17. The van der Waals surface area contributed by atoms with Crippen molar-refractivity contribution >= 4 is 14.2 Å². The molecule has 1 aliphatic rings. The van der Waals surface area contributed by atoms with Crippen molar-refractivity contribution in [1.82, 2.24) is 10.2 Å². The molecule has 1 fully saturated rings. The van der Waals surface area contributed by atoms with Crippen LogP contribution in [0.5, 0.6) is 0 Å². The van der Waals surface area contributed by atoms with Crippen molar-refractivity contribution < 1.29 is 14.3 Å². The number of halogens is 1. The lowest BCUT2D eigenvalue weighted by Crippen LogP contribution is -2.45. The number of nitrogens with zero attached hydrogens (tertiary/aromatic N) is 1. The number of benzene rings is 1. The Hall–Kier alpha value is -1.40. The molecule has 6 heteroatoms. The summed E-state index contributed by atoms with van der Waals surface area (Å²) in [5, 5.41) is 12.8. The Bertz CT molecular complexity index is 533. The third-order valence-electron chi connectivity index (χ3n) is 4.21. The van der Waals surface area contributed by atoms with E-state index in [1.807, 2.05) is 6.07 Å². The van der Waals surface area contributed by atoms with Crippen LogP contribution >= 0.6 is 0 Å². The Kier molecular flexibility index (Phi) is 5.23. The fraction of sp³-hybridized carbons (Fsp3) is 0.562. The molecule has 0 unspecified atom stereocenters. The van der Waals surface area contributed by atoms with Crippen molar-refractivity contribution in [3.8, 4) is 0 Å². The first kappa shape index (κ1) is 17.0. The number of nitrogens with one attached hydrogen (secondary N) is 1. The number of hydrogen-bond donors (Lipinski definition) is 2. The van der Waals surface area contributed by atoms with Crippen LogP contribution in [0, 0.1) is 5.82 Å². The van der Waals surface area contributed by atoms with Gasteiger partial charge < -0.3 is 15.3 Å². The molecule has 0 radical (unpaired) electrons. The third-order valence-corrected chi connectivity index (χ3v) is 5.93. The first-order chi connectivity index (χ1) is 10.3. The summed E-state index contributed by atoms with van der Waals surface area (Å²) in [6.45, 7) is 8.59. The number of carboxylic acid groups (broad SMARTS) is 1. The van der Waals surface area contributed by atoms with Crippen molar-refractivity contribution in [1.29, 1.82) is 0 Å². The predicted octanol–water partition coefficient (Wildman–Crippen LogP) is 3.20. The van der Waals surface area contributed by atoms with E-state index in [2.05, 4.69) is 25.0 Å². The molecule has 4 nitrogen and oxygen atoms in total. The average Bonchev–Trinajstić information content (AvgIpc) is 2.86. The summed E-state index contributed by atoms with van der Waals surface area (Å²) in [5.41, 5.74) is 0.870. The lowest BCUT2D eigenvalue weighted by atomic mass is 9.93. The summed E-state index contributed by atoms with van der Waals surface area (Å²) in [6, 6.07) is 7.31. The highest BCUT2D eigenvalue weighted by atomic mass is 28.3. The van der Waals surface area contributed by atoms with Gasteiger partial charge in [0.1, 0.15) is 5.82 Å². The van der Waals surface area contributed by atoms with Gasteiger partial charge in [0, 0.05) is 33.6 Å². The van der Waals surface area contributed by atoms with Gasteiger partial charge in [-0.25, -0.2) is 9.18 Å². The molecule has 122 valence electrons. The van der Waals surface area contributed by atoms with Gasteiger partial charge in [-0.15, -0.1) is 0 Å². The normalized spacial score (nSPS) is 21.8. The lowest BCUT2D eigenvalue weighted by Gasteiger charge is -2.32. The van der Waals surface area contributed by atoms with E-state index in [0.717, 1.165) is 11.6 Å². The molecule has 2 atom stereocenters. The molecule has 1 aromatic rings. The van der Waals surface area contributed by atoms with Crippen LogP contribution in [0.25, 0.3) is 0 Å². The maximum atomic E-state index is 13.5. The van der Waals surface area contributed by atoms with Gasteiger partial charge in [0.25, 0.3) is 0 Å². The van der Waals surface area contributed by atoms with Gasteiger partial charge in [-0.1, -0.05) is 31.8 Å². The number of hydrogen-bond acceptors (Lipinski definition) is 2. The van der Waals surface area contributed by atoms with Crippen molar-refractivity contribution in [3.05, 3.63) is 35.6 Å². The number of carbonyl (C=O) groups is 1. The zero-order valence-electron chi connectivity index (χ0n) is 13.5. The molecule has 0 spiro atoms. The monoisotopic (exact) mass is 324 g/mol. The van der Waals surface area contributed by atoms with Crippen LogP contribution in [0.1, 0.15) is 11.5 Å². The summed E-state index contributed by atoms with van der Waals surface area (Å²) in [6.07, 6.45) is -0.881. The summed E-state index contributed by atoms with van der Waals surface area (Å²) in [4.78, 5) is 13.2.